The van der Waals surface area contributed by atoms with E-state index in [1.165, 1.54) is 7.11 Å². The van der Waals surface area contributed by atoms with Gasteiger partial charge in [-0.25, -0.2) is 8.42 Å². The Labute approximate surface area is 184 Å². The molecule has 0 aromatic heterocycles. The van der Waals surface area contributed by atoms with E-state index in [2.05, 4.69) is 5.32 Å². The van der Waals surface area contributed by atoms with Crippen LogP contribution in [0.25, 0.3) is 0 Å². The van der Waals surface area contributed by atoms with Crippen molar-refractivity contribution in [2.75, 3.05) is 31.1 Å². The van der Waals surface area contributed by atoms with Gasteiger partial charge in [-0.05, 0) is 74.6 Å². The highest BCUT2D eigenvalue weighted by molar-refractivity contribution is 7.93. The van der Waals surface area contributed by atoms with E-state index in [0.29, 0.717) is 18.8 Å². The first-order chi connectivity index (χ1) is 14.7. The van der Waals surface area contributed by atoms with E-state index < -0.39 is 10.0 Å². The fraction of sp³-hybridized carbons (Fsp3) is 0.435. The normalized spacial score (nSPS) is 16.2. The number of sulfonamides is 1. The predicted molar refractivity (Wildman–Crippen MR) is 120 cm³/mol. The van der Waals surface area contributed by atoms with Crippen LogP contribution >= 0.6 is 0 Å². The van der Waals surface area contributed by atoms with Crippen molar-refractivity contribution in [3.8, 4) is 5.75 Å². The van der Waals surface area contributed by atoms with Gasteiger partial charge in [0.15, 0.2) is 0 Å². The van der Waals surface area contributed by atoms with Crippen LogP contribution < -0.4 is 14.4 Å². The molecule has 0 saturated carbocycles. The van der Waals surface area contributed by atoms with E-state index in [-0.39, 0.29) is 29.2 Å². The number of hydrogen-bond acceptors (Lipinski definition) is 5. The third kappa shape index (κ3) is 5.57. The fourth-order valence-corrected chi connectivity index (χ4v) is 5.38. The van der Waals surface area contributed by atoms with Crippen molar-refractivity contribution in [3.63, 3.8) is 0 Å². The van der Waals surface area contributed by atoms with Gasteiger partial charge in [0.05, 0.1) is 18.9 Å². The molecule has 2 aromatic carbocycles. The van der Waals surface area contributed by atoms with Gasteiger partial charge >= 0.3 is 0 Å². The number of carbonyl (C=O) groups excluding carboxylic acids is 1. The molecule has 1 atom stereocenters. The second kappa shape index (κ2) is 9.70. The van der Waals surface area contributed by atoms with Gasteiger partial charge in [-0.1, -0.05) is 12.1 Å². The zero-order chi connectivity index (χ0) is 22.6. The zero-order valence-corrected chi connectivity index (χ0v) is 19.3. The van der Waals surface area contributed by atoms with E-state index in [0.717, 1.165) is 33.8 Å². The van der Waals surface area contributed by atoms with Gasteiger partial charge in [0, 0.05) is 13.2 Å². The maximum Gasteiger partial charge on any atom is 0.268 e. The number of carbonyl (C=O) groups is 1. The van der Waals surface area contributed by atoms with Crippen molar-refractivity contribution in [3.05, 3.63) is 53.1 Å². The Morgan fingerprint density at radius 2 is 1.84 bits per heavy atom. The summed E-state index contributed by atoms with van der Waals surface area (Å²) in [5.41, 5.74) is 3.04. The Kier molecular flexibility index (Phi) is 7.23. The second-order valence-corrected chi connectivity index (χ2v) is 9.78. The third-order valence-electron chi connectivity index (χ3n) is 5.22. The second-order valence-electron chi connectivity index (χ2n) is 7.95. The smallest absolute Gasteiger partial charge is 0.268 e. The molecule has 1 N–H and O–H groups in total. The molecule has 31 heavy (non-hydrogen) atoms. The van der Waals surface area contributed by atoms with Crippen molar-refractivity contribution in [1.29, 1.82) is 0 Å². The van der Waals surface area contributed by atoms with Gasteiger partial charge in [0.25, 0.3) is 10.0 Å². The molecule has 0 spiro atoms. The van der Waals surface area contributed by atoms with Crippen LogP contribution in [0.4, 0.5) is 5.69 Å². The summed E-state index contributed by atoms with van der Waals surface area (Å²) in [6, 6.07) is 10.5. The van der Waals surface area contributed by atoms with Gasteiger partial charge in [-0.2, -0.15) is 0 Å². The van der Waals surface area contributed by atoms with E-state index in [4.69, 9.17) is 9.47 Å². The molecule has 168 valence electrons. The summed E-state index contributed by atoms with van der Waals surface area (Å²) in [6.07, 6.45) is 1.84. The number of rotatable bonds is 8. The number of methoxy groups -OCH3 is 1. The van der Waals surface area contributed by atoms with E-state index in [9.17, 15) is 13.2 Å². The first-order valence-corrected chi connectivity index (χ1v) is 11.8. The first kappa shape index (κ1) is 23.1. The monoisotopic (exact) mass is 446 g/mol. The van der Waals surface area contributed by atoms with Crippen molar-refractivity contribution in [2.24, 2.45) is 0 Å². The Hall–Kier alpha value is -2.58. The Morgan fingerprint density at radius 1 is 1.13 bits per heavy atom. The largest absolute Gasteiger partial charge is 0.495 e. The summed E-state index contributed by atoms with van der Waals surface area (Å²) in [7, 11) is -2.64. The SMILES string of the molecule is COc1ccc(C)cc1S(=O)(=O)N(CC(=O)NCC1CCCO1)c1cc(C)cc(C)c1. The van der Waals surface area contributed by atoms with Gasteiger partial charge in [-0.15, -0.1) is 0 Å². The maximum atomic E-state index is 13.7. The van der Waals surface area contributed by atoms with Crippen LogP contribution in [0.2, 0.25) is 0 Å². The molecule has 0 aliphatic carbocycles. The maximum absolute atomic E-state index is 13.7. The van der Waals surface area contributed by atoms with Crippen LogP contribution in [-0.4, -0.2) is 47.2 Å². The predicted octanol–water partition coefficient (Wildman–Crippen LogP) is 3.11. The Bertz CT molecular complexity index is 1030. The summed E-state index contributed by atoms with van der Waals surface area (Å²) < 4.78 is 39.5. The number of amides is 1. The van der Waals surface area contributed by atoms with Crippen LogP contribution in [-0.2, 0) is 19.6 Å². The average Bonchev–Trinajstić information content (AvgIpc) is 3.23. The lowest BCUT2D eigenvalue weighted by atomic mass is 10.1. The van der Waals surface area contributed by atoms with Crippen LogP contribution in [0.1, 0.15) is 29.5 Å². The number of nitrogens with one attached hydrogen (secondary N) is 1. The van der Waals surface area contributed by atoms with Gasteiger partial charge < -0.3 is 14.8 Å². The highest BCUT2D eigenvalue weighted by Gasteiger charge is 2.30. The van der Waals surface area contributed by atoms with E-state index >= 15 is 0 Å². The van der Waals surface area contributed by atoms with Crippen LogP contribution in [0.5, 0.6) is 5.75 Å². The molecule has 1 amide bonds. The Balaban J connectivity index is 1.97. The molecule has 1 saturated heterocycles. The molecule has 1 fully saturated rings. The zero-order valence-electron chi connectivity index (χ0n) is 18.5. The molecule has 8 heteroatoms. The van der Waals surface area contributed by atoms with Crippen molar-refractivity contribution in [2.45, 2.75) is 44.6 Å². The molecule has 1 aliphatic rings. The number of nitrogens with zero attached hydrogens (tertiary/aromatic N) is 1. The number of hydrogen-bond donors (Lipinski definition) is 1. The standard InChI is InChI=1S/C23H30N2O5S/c1-16-7-8-21(29-4)22(13-16)31(27,28)25(19-11-17(2)10-18(3)12-19)15-23(26)24-14-20-6-5-9-30-20/h7-8,10-13,20H,5-6,9,14-15H2,1-4H3,(H,24,26). The quantitative estimate of drug-likeness (QED) is 0.674. The van der Waals surface area contributed by atoms with Crippen molar-refractivity contribution >= 4 is 21.6 Å². The van der Waals surface area contributed by atoms with Gasteiger partial charge in [-0.3, -0.25) is 9.10 Å². The van der Waals surface area contributed by atoms with Crippen molar-refractivity contribution < 1.29 is 22.7 Å². The summed E-state index contributed by atoms with van der Waals surface area (Å²) in [6.45, 7) is 6.32. The van der Waals surface area contributed by atoms with Gasteiger partial charge in [0.1, 0.15) is 17.2 Å². The molecule has 1 heterocycles. The minimum atomic E-state index is -4.07. The highest BCUT2D eigenvalue weighted by atomic mass is 32.2. The van der Waals surface area contributed by atoms with Crippen LogP contribution in [0.15, 0.2) is 41.3 Å². The van der Waals surface area contributed by atoms with Crippen molar-refractivity contribution in [1.82, 2.24) is 5.32 Å². The summed E-state index contributed by atoms with van der Waals surface area (Å²) in [4.78, 5) is 12.8. The number of anilines is 1. The molecular formula is C23H30N2O5S. The molecule has 7 nitrogen and oxygen atoms in total. The number of ether oxygens (including phenoxy) is 2. The molecule has 0 radical (unpaired) electrons. The first-order valence-electron chi connectivity index (χ1n) is 10.3. The van der Waals surface area contributed by atoms with Crippen LogP contribution in [0.3, 0.4) is 0 Å². The van der Waals surface area contributed by atoms with E-state index in [1.54, 1.807) is 30.3 Å². The van der Waals surface area contributed by atoms with Gasteiger partial charge in [0.2, 0.25) is 5.91 Å². The summed E-state index contributed by atoms with van der Waals surface area (Å²) in [5.74, 6) is -0.149. The molecule has 1 unspecified atom stereocenters. The fourth-order valence-electron chi connectivity index (χ4n) is 3.73. The molecule has 3 rings (SSSR count). The summed E-state index contributed by atoms with van der Waals surface area (Å²) >= 11 is 0. The molecule has 2 aromatic rings. The lowest BCUT2D eigenvalue weighted by Crippen LogP contribution is -2.43. The average molecular weight is 447 g/mol. The molecule has 1 aliphatic heterocycles. The highest BCUT2D eigenvalue weighted by Crippen LogP contribution is 2.31. The topological polar surface area (TPSA) is 84.9 Å². The Morgan fingerprint density at radius 3 is 2.45 bits per heavy atom. The van der Waals surface area contributed by atoms with Crippen LogP contribution in [0, 0.1) is 20.8 Å². The summed E-state index contributed by atoms with van der Waals surface area (Å²) in [5, 5.41) is 2.82. The molecule has 0 bridgehead atoms. The third-order valence-corrected chi connectivity index (χ3v) is 7.01. The number of aryl methyl sites for hydroxylation is 3. The lowest BCUT2D eigenvalue weighted by Gasteiger charge is -2.26. The minimum Gasteiger partial charge on any atom is -0.495 e. The minimum absolute atomic E-state index is 0.0212. The molecular weight excluding hydrogens is 416 g/mol. The lowest BCUT2D eigenvalue weighted by molar-refractivity contribution is -0.120. The number of benzene rings is 2. The van der Waals surface area contributed by atoms with E-state index in [1.807, 2.05) is 26.8 Å².